The van der Waals surface area contributed by atoms with E-state index in [9.17, 15) is 24.2 Å². The number of halogens is 1. The maximum Gasteiger partial charge on any atom is 0.306 e. The molecule has 1 saturated heterocycles. The number of aliphatic hydroxyl groups is 1. The van der Waals surface area contributed by atoms with Crippen molar-refractivity contribution in [1.29, 1.82) is 0 Å². The molecule has 1 aliphatic heterocycles. The molecule has 0 spiro atoms. The van der Waals surface area contributed by atoms with E-state index in [0.717, 1.165) is 0 Å². The zero-order valence-electron chi connectivity index (χ0n) is 18.4. The number of carboxylic acids is 1. The summed E-state index contributed by atoms with van der Waals surface area (Å²) in [5.74, 6) is -2.29. The molecule has 1 fully saturated rings. The second-order valence-corrected chi connectivity index (χ2v) is 9.21. The third-order valence-corrected chi connectivity index (χ3v) is 6.10. The van der Waals surface area contributed by atoms with Crippen LogP contribution in [0.15, 0.2) is 18.2 Å². The highest BCUT2D eigenvalue weighted by Crippen LogP contribution is 2.30. The van der Waals surface area contributed by atoms with E-state index in [4.69, 9.17) is 5.73 Å². The van der Waals surface area contributed by atoms with E-state index in [0.29, 0.717) is 17.8 Å². The molecule has 4 N–H and O–H groups in total. The molecule has 0 unspecified atom stereocenters. The molecule has 0 aromatic heterocycles. The van der Waals surface area contributed by atoms with E-state index >= 15 is 0 Å². The predicted octanol–water partition coefficient (Wildman–Crippen LogP) is 2.00. The van der Waals surface area contributed by atoms with Crippen LogP contribution in [0.2, 0.25) is 0 Å². The molecule has 0 radical (unpaired) electrons. The molecule has 1 aliphatic rings. The molecule has 3 atom stereocenters. The standard InChI is InChI=1S/C22H34FN3O4/c1-13(2)15(21(29)30)9-19(27)17(24)10-25-11-20(28)26(12-22(25,4)5)18-8-6-7-16(23)14(18)3/h6-8,13,15,17,19,27H,9-12,24H2,1-5H3,(H,29,30)/t15-,17-,19-/m0/s1. The lowest BCUT2D eigenvalue weighted by Gasteiger charge is -2.48. The van der Waals surface area contributed by atoms with Gasteiger partial charge in [-0.2, -0.15) is 0 Å². The van der Waals surface area contributed by atoms with Gasteiger partial charge in [0.05, 0.1) is 18.6 Å². The number of hydrogen-bond acceptors (Lipinski definition) is 5. The molecule has 30 heavy (non-hydrogen) atoms. The van der Waals surface area contributed by atoms with Crippen molar-refractivity contribution in [2.24, 2.45) is 17.6 Å². The van der Waals surface area contributed by atoms with Gasteiger partial charge in [-0.15, -0.1) is 0 Å². The number of aliphatic carboxylic acids is 1. The average molecular weight is 424 g/mol. The summed E-state index contributed by atoms with van der Waals surface area (Å²) >= 11 is 0. The van der Waals surface area contributed by atoms with E-state index in [2.05, 4.69) is 0 Å². The lowest BCUT2D eigenvalue weighted by atomic mass is 9.87. The zero-order valence-corrected chi connectivity index (χ0v) is 18.4. The topological polar surface area (TPSA) is 107 Å². The molecule has 168 valence electrons. The van der Waals surface area contributed by atoms with E-state index in [-0.39, 0.29) is 37.2 Å². The third-order valence-electron chi connectivity index (χ3n) is 6.10. The van der Waals surface area contributed by atoms with Gasteiger partial charge < -0.3 is 20.8 Å². The van der Waals surface area contributed by atoms with Crippen molar-refractivity contribution in [3.05, 3.63) is 29.6 Å². The number of amides is 1. The van der Waals surface area contributed by atoms with Gasteiger partial charge in [-0.3, -0.25) is 14.5 Å². The Bertz CT molecular complexity index is 784. The number of carboxylic acid groups (broad SMARTS) is 1. The SMILES string of the molecule is Cc1c(F)cccc1N1CC(C)(C)N(C[C@H](N)[C@@H](O)C[C@H](C(=O)O)C(C)C)CC1=O. The predicted molar refractivity (Wildman–Crippen MR) is 114 cm³/mol. The van der Waals surface area contributed by atoms with Crippen LogP contribution in [0.3, 0.4) is 0 Å². The molecule has 1 aromatic rings. The van der Waals surface area contributed by atoms with Crippen LogP contribution in [0.1, 0.15) is 39.7 Å². The van der Waals surface area contributed by atoms with Gasteiger partial charge in [0.1, 0.15) is 5.82 Å². The Morgan fingerprint density at radius 2 is 1.97 bits per heavy atom. The Balaban J connectivity index is 2.10. The zero-order chi connectivity index (χ0) is 22.8. The molecule has 2 rings (SSSR count). The van der Waals surface area contributed by atoms with Crippen LogP contribution in [-0.2, 0) is 9.59 Å². The highest BCUT2D eigenvalue weighted by atomic mass is 19.1. The number of hydrogen-bond donors (Lipinski definition) is 3. The minimum Gasteiger partial charge on any atom is -0.481 e. The summed E-state index contributed by atoms with van der Waals surface area (Å²) in [5.41, 5.74) is 6.71. The van der Waals surface area contributed by atoms with E-state index < -0.39 is 29.6 Å². The molecule has 8 heteroatoms. The van der Waals surface area contributed by atoms with Gasteiger partial charge in [0.25, 0.3) is 0 Å². The van der Waals surface area contributed by atoms with Gasteiger partial charge in [-0.1, -0.05) is 19.9 Å². The lowest BCUT2D eigenvalue weighted by molar-refractivity contribution is -0.144. The van der Waals surface area contributed by atoms with Gasteiger partial charge >= 0.3 is 5.97 Å². The normalized spacial score (nSPS) is 20.3. The van der Waals surface area contributed by atoms with Crippen molar-refractivity contribution in [3.8, 4) is 0 Å². The van der Waals surface area contributed by atoms with Crippen molar-refractivity contribution in [1.82, 2.24) is 4.90 Å². The molecule has 0 aliphatic carbocycles. The molecule has 7 nitrogen and oxygen atoms in total. The first-order chi connectivity index (χ1) is 13.8. The second kappa shape index (κ2) is 9.41. The number of carbonyl (C=O) groups is 2. The summed E-state index contributed by atoms with van der Waals surface area (Å²) in [6.07, 6.45) is -0.937. The fraction of sp³-hybridized carbons (Fsp3) is 0.636. The smallest absolute Gasteiger partial charge is 0.306 e. The number of nitrogens with two attached hydrogens (primary N) is 1. The molecule has 1 amide bonds. The van der Waals surface area contributed by atoms with Gasteiger partial charge in [0.2, 0.25) is 5.91 Å². The fourth-order valence-electron chi connectivity index (χ4n) is 3.93. The van der Waals surface area contributed by atoms with Gasteiger partial charge in [-0.25, -0.2) is 4.39 Å². The molecular weight excluding hydrogens is 389 g/mol. The molecule has 1 aromatic carbocycles. The first-order valence-electron chi connectivity index (χ1n) is 10.3. The molecule has 0 bridgehead atoms. The number of benzene rings is 1. The minimum atomic E-state index is -0.997. The van der Waals surface area contributed by atoms with Gasteiger partial charge in [-0.05, 0) is 45.2 Å². The largest absolute Gasteiger partial charge is 0.481 e. The summed E-state index contributed by atoms with van der Waals surface area (Å²) in [6, 6.07) is 3.99. The van der Waals surface area contributed by atoms with Crippen molar-refractivity contribution < 1.29 is 24.2 Å². The van der Waals surface area contributed by atoms with Crippen molar-refractivity contribution >= 4 is 17.6 Å². The minimum absolute atomic E-state index is 0.0605. The van der Waals surface area contributed by atoms with E-state index in [1.807, 2.05) is 18.7 Å². The molecule has 0 saturated carbocycles. The van der Waals surface area contributed by atoms with Crippen LogP contribution in [0.4, 0.5) is 10.1 Å². The van der Waals surface area contributed by atoms with Crippen molar-refractivity contribution in [3.63, 3.8) is 0 Å². The van der Waals surface area contributed by atoms with E-state index in [1.54, 1.807) is 37.8 Å². The Morgan fingerprint density at radius 1 is 1.33 bits per heavy atom. The molecule has 1 heterocycles. The first kappa shape index (κ1) is 24.2. The van der Waals surface area contributed by atoms with Crippen LogP contribution in [0.25, 0.3) is 0 Å². The second-order valence-electron chi connectivity index (χ2n) is 9.21. The summed E-state index contributed by atoms with van der Waals surface area (Å²) in [6.45, 7) is 9.86. The van der Waals surface area contributed by atoms with Crippen molar-refractivity contribution in [2.45, 2.75) is 58.7 Å². The Kier molecular flexibility index (Phi) is 7.60. The quantitative estimate of drug-likeness (QED) is 0.590. The number of anilines is 1. The monoisotopic (exact) mass is 423 g/mol. The summed E-state index contributed by atoms with van der Waals surface area (Å²) in [4.78, 5) is 27.8. The number of rotatable bonds is 8. The number of carbonyl (C=O) groups excluding carboxylic acids is 1. The van der Waals surface area contributed by atoms with Crippen LogP contribution in [0.5, 0.6) is 0 Å². The van der Waals surface area contributed by atoms with Crippen LogP contribution >= 0.6 is 0 Å². The third kappa shape index (κ3) is 5.36. The average Bonchev–Trinajstić information content (AvgIpc) is 2.64. The fourth-order valence-corrected chi connectivity index (χ4v) is 3.93. The highest BCUT2D eigenvalue weighted by Gasteiger charge is 2.40. The number of piperazine rings is 1. The Hall–Kier alpha value is -2.03. The van der Waals surface area contributed by atoms with Gasteiger partial charge in [0.15, 0.2) is 0 Å². The van der Waals surface area contributed by atoms with Crippen LogP contribution < -0.4 is 10.6 Å². The maximum absolute atomic E-state index is 14.0. The van der Waals surface area contributed by atoms with E-state index in [1.165, 1.54) is 6.07 Å². The summed E-state index contributed by atoms with van der Waals surface area (Å²) < 4.78 is 14.0. The summed E-state index contributed by atoms with van der Waals surface area (Å²) in [7, 11) is 0. The van der Waals surface area contributed by atoms with Gasteiger partial charge in [0, 0.05) is 35.9 Å². The van der Waals surface area contributed by atoms with Crippen LogP contribution in [0, 0.1) is 24.6 Å². The highest BCUT2D eigenvalue weighted by molar-refractivity contribution is 5.96. The Labute approximate surface area is 177 Å². The molecular formula is C22H34FN3O4. The first-order valence-corrected chi connectivity index (χ1v) is 10.3. The Morgan fingerprint density at radius 3 is 2.53 bits per heavy atom. The number of aliphatic hydroxyl groups excluding tert-OH is 1. The van der Waals surface area contributed by atoms with Crippen LogP contribution in [-0.4, -0.2) is 64.3 Å². The number of nitrogens with zero attached hydrogens (tertiary/aromatic N) is 2. The van der Waals surface area contributed by atoms with Crippen molar-refractivity contribution in [2.75, 3.05) is 24.5 Å². The summed E-state index contributed by atoms with van der Waals surface area (Å²) in [5, 5.41) is 19.9. The lowest BCUT2D eigenvalue weighted by Crippen LogP contribution is -2.64. The maximum atomic E-state index is 14.0.